The van der Waals surface area contributed by atoms with Gasteiger partial charge >= 0.3 is 12.2 Å². The predicted molar refractivity (Wildman–Crippen MR) is 203 cm³/mol. The topological polar surface area (TPSA) is 174 Å². The number of carbonyl (C=O) groups excluding carboxylic acids is 6. The first-order valence-electron chi connectivity index (χ1n) is 18.3. The van der Waals surface area contributed by atoms with Gasteiger partial charge in [0.05, 0.1) is 17.0 Å². The predicted octanol–water partition coefficient (Wildman–Crippen LogP) is 7.34. The second kappa shape index (κ2) is 17.9. The summed E-state index contributed by atoms with van der Waals surface area (Å²) in [6, 6.07) is -0.115. The highest BCUT2D eigenvalue weighted by Gasteiger charge is 2.50. The summed E-state index contributed by atoms with van der Waals surface area (Å²) in [5, 5.41) is 10.5. The summed E-state index contributed by atoms with van der Waals surface area (Å²) in [7, 11) is 0. The first-order chi connectivity index (χ1) is 24.8. The van der Waals surface area contributed by atoms with Crippen molar-refractivity contribution in [3.05, 3.63) is 33.2 Å². The van der Waals surface area contributed by atoms with Gasteiger partial charge in [-0.05, 0) is 87.0 Å². The quantitative estimate of drug-likeness (QED) is 0.0717. The number of allylic oxidation sites excluding steroid dienone is 1. The van der Waals surface area contributed by atoms with E-state index in [1.165, 1.54) is 33.6 Å². The molecule has 1 saturated heterocycles. The van der Waals surface area contributed by atoms with Crippen molar-refractivity contribution in [3.63, 3.8) is 0 Å². The fourth-order valence-corrected chi connectivity index (χ4v) is 7.43. The van der Waals surface area contributed by atoms with Gasteiger partial charge in [-0.3, -0.25) is 24.1 Å². The van der Waals surface area contributed by atoms with Crippen LogP contribution in [-0.2, 0) is 30.3 Å². The van der Waals surface area contributed by atoms with E-state index in [1.54, 1.807) is 26.2 Å². The molecule has 1 atom stereocenters. The number of rotatable bonds is 17. The third kappa shape index (κ3) is 13.1. The van der Waals surface area contributed by atoms with Crippen LogP contribution in [0.2, 0.25) is 0 Å². The van der Waals surface area contributed by atoms with Gasteiger partial charge in [0.2, 0.25) is 5.91 Å². The maximum Gasteiger partial charge on any atom is 0.414 e. The van der Waals surface area contributed by atoms with Crippen LogP contribution in [0.3, 0.4) is 0 Å². The van der Waals surface area contributed by atoms with Gasteiger partial charge < -0.3 is 20.1 Å². The Labute approximate surface area is 319 Å². The van der Waals surface area contributed by atoms with Gasteiger partial charge in [0, 0.05) is 54.4 Å². The molecule has 0 spiro atoms. The van der Waals surface area contributed by atoms with E-state index in [-0.39, 0.29) is 36.2 Å². The molecule has 2 aromatic rings. The summed E-state index contributed by atoms with van der Waals surface area (Å²) >= 11 is 2.74. The Morgan fingerprint density at radius 3 is 2.30 bits per heavy atom. The minimum atomic E-state index is -1.06. The molecule has 2 aliphatic rings. The number of amides is 3. The van der Waals surface area contributed by atoms with Crippen LogP contribution in [0.1, 0.15) is 135 Å². The van der Waals surface area contributed by atoms with E-state index in [0.717, 1.165) is 30.7 Å². The number of hydrogen-bond donors (Lipinski definition) is 2. The molecule has 53 heavy (non-hydrogen) atoms. The molecule has 2 aromatic heterocycles. The highest BCUT2D eigenvalue weighted by molar-refractivity contribution is 7.14. The average Bonchev–Trinajstić information content (AvgIpc) is 3.36. The lowest BCUT2D eigenvalue weighted by molar-refractivity contribution is -0.131. The van der Waals surface area contributed by atoms with Crippen LogP contribution in [-0.4, -0.2) is 79.6 Å². The number of Topliss-reactive ketones (excluding diaryl/α,β-unsaturated/α-hetero) is 3. The van der Waals surface area contributed by atoms with Crippen LogP contribution >= 0.6 is 22.7 Å². The molecule has 0 bridgehead atoms. The minimum absolute atomic E-state index is 0.0257. The number of ether oxygens (including phenoxy) is 2. The third-order valence-electron chi connectivity index (χ3n) is 8.64. The summed E-state index contributed by atoms with van der Waals surface area (Å²) in [6.07, 6.45) is 6.48. The van der Waals surface area contributed by atoms with Crippen molar-refractivity contribution in [2.24, 2.45) is 0 Å². The molecule has 2 fully saturated rings. The zero-order chi connectivity index (χ0) is 39.0. The molecule has 0 unspecified atom stereocenters. The smallest absolute Gasteiger partial charge is 0.414 e. The molecule has 2 N–H and O–H groups in total. The van der Waals surface area contributed by atoms with Crippen molar-refractivity contribution in [1.82, 2.24) is 25.5 Å². The van der Waals surface area contributed by atoms with Crippen LogP contribution in [0.25, 0.3) is 10.7 Å². The first-order valence-corrected chi connectivity index (χ1v) is 20.1. The highest BCUT2D eigenvalue weighted by atomic mass is 32.1. The van der Waals surface area contributed by atoms with Gasteiger partial charge in [-0.1, -0.05) is 12.8 Å². The van der Waals surface area contributed by atoms with Crippen molar-refractivity contribution < 1.29 is 38.2 Å². The number of nitrogens with one attached hydrogen (secondary N) is 2. The fraction of sp³-hybridized carbons (Fsp3) is 0.632. The number of ketones is 3. The van der Waals surface area contributed by atoms with Crippen molar-refractivity contribution in [2.45, 2.75) is 148 Å². The SMILES string of the molecule is C[C@H]1CC/C(=C/C(=O)NC2(C(=O)CC(=O)CCc3nc(-c4nc(C(=O)CCCCCCNC(=O)OC(C)(C)C)cs4)cs3)CC2)N1C(=O)OC(C)(C)C. The lowest BCUT2D eigenvalue weighted by atomic mass is 10.0. The molecular formula is C38H53N5O8S2. The van der Waals surface area contributed by atoms with Gasteiger partial charge in [-0.15, -0.1) is 22.7 Å². The lowest BCUT2D eigenvalue weighted by Crippen LogP contribution is -2.44. The minimum Gasteiger partial charge on any atom is -0.444 e. The average molecular weight is 772 g/mol. The summed E-state index contributed by atoms with van der Waals surface area (Å²) in [5.41, 5.74) is -0.657. The second-order valence-corrected chi connectivity index (χ2v) is 17.6. The number of alkyl carbamates (subject to hydrolysis) is 1. The summed E-state index contributed by atoms with van der Waals surface area (Å²) in [4.78, 5) is 86.7. The number of thiazole rings is 2. The van der Waals surface area contributed by atoms with Crippen molar-refractivity contribution in [1.29, 1.82) is 0 Å². The first kappa shape index (κ1) is 41.8. The third-order valence-corrected chi connectivity index (χ3v) is 10.4. The second-order valence-electron chi connectivity index (χ2n) is 15.8. The van der Waals surface area contributed by atoms with Crippen LogP contribution in [0.4, 0.5) is 9.59 Å². The number of aryl methyl sites for hydroxylation is 1. The molecule has 3 heterocycles. The van der Waals surface area contributed by atoms with Gasteiger partial charge in [-0.25, -0.2) is 19.6 Å². The molecule has 4 rings (SSSR count). The maximum atomic E-state index is 13.1. The van der Waals surface area contributed by atoms with Gasteiger partial charge in [0.25, 0.3) is 0 Å². The number of nitrogens with zero attached hydrogens (tertiary/aromatic N) is 3. The Kier molecular flexibility index (Phi) is 14.1. The molecule has 1 saturated carbocycles. The Balaban J connectivity index is 1.17. The van der Waals surface area contributed by atoms with Gasteiger partial charge in [-0.2, -0.15) is 0 Å². The molecule has 15 heteroatoms. The van der Waals surface area contributed by atoms with Crippen LogP contribution < -0.4 is 10.6 Å². The van der Waals surface area contributed by atoms with Crippen molar-refractivity contribution >= 4 is 58.1 Å². The van der Waals surface area contributed by atoms with Crippen molar-refractivity contribution in [3.8, 4) is 10.7 Å². The standard InChI is InChI=1S/C38H53N5O8S2/c1-24-13-14-25(43(24)35(49)51-37(5,6)7)20-31(47)42-38(17-18-38)30(46)21-26(44)15-16-32-40-28(23-52-32)33-41-27(22-53-33)29(45)12-10-8-9-11-19-39-34(48)50-36(2,3)4/h20,22-24H,8-19,21H2,1-7H3,(H,39,48)(H,42,47)/b25-20-/t24-/m0/s1. The Hall–Kier alpha value is -3.98. The zero-order valence-electron chi connectivity index (χ0n) is 31.9. The Bertz CT molecular complexity index is 1700. The van der Waals surface area contributed by atoms with E-state index < -0.39 is 34.8 Å². The molecule has 1 aliphatic heterocycles. The summed E-state index contributed by atoms with van der Waals surface area (Å²) in [5.74, 6) is -1.03. The van der Waals surface area contributed by atoms with Crippen molar-refractivity contribution in [2.75, 3.05) is 6.54 Å². The summed E-state index contributed by atoms with van der Waals surface area (Å²) in [6.45, 7) is 13.2. The van der Waals surface area contributed by atoms with Crippen LogP contribution in [0, 0.1) is 0 Å². The van der Waals surface area contributed by atoms with E-state index in [4.69, 9.17) is 9.47 Å². The summed E-state index contributed by atoms with van der Waals surface area (Å²) < 4.78 is 10.7. The monoisotopic (exact) mass is 771 g/mol. The van der Waals surface area contributed by atoms with E-state index in [2.05, 4.69) is 20.6 Å². The van der Waals surface area contributed by atoms with Gasteiger partial charge in [0.1, 0.15) is 33.4 Å². The van der Waals surface area contributed by atoms with E-state index in [0.29, 0.717) is 67.2 Å². The molecule has 1 aliphatic carbocycles. The van der Waals surface area contributed by atoms with E-state index in [9.17, 15) is 28.8 Å². The lowest BCUT2D eigenvalue weighted by Gasteiger charge is -2.28. The number of carbonyl (C=O) groups is 6. The van der Waals surface area contributed by atoms with E-state index >= 15 is 0 Å². The van der Waals surface area contributed by atoms with Gasteiger partial charge in [0.15, 0.2) is 11.6 Å². The maximum absolute atomic E-state index is 13.1. The molecule has 0 aromatic carbocycles. The molecule has 0 radical (unpaired) electrons. The largest absolute Gasteiger partial charge is 0.444 e. The Morgan fingerprint density at radius 1 is 0.925 bits per heavy atom. The van der Waals surface area contributed by atoms with Crippen LogP contribution in [0.5, 0.6) is 0 Å². The number of likely N-dealkylation sites (tertiary alicyclic amines) is 1. The molecule has 290 valence electrons. The zero-order valence-corrected chi connectivity index (χ0v) is 33.6. The Morgan fingerprint density at radius 2 is 1.62 bits per heavy atom. The normalized spacial score (nSPS) is 17.4. The molecule has 13 nitrogen and oxygen atoms in total. The van der Waals surface area contributed by atoms with E-state index in [1.807, 2.05) is 33.1 Å². The number of hydrogen-bond acceptors (Lipinski definition) is 12. The van der Waals surface area contributed by atoms with Crippen LogP contribution in [0.15, 0.2) is 22.5 Å². The number of unbranched alkanes of at least 4 members (excludes halogenated alkanes) is 3. The fourth-order valence-electron chi connectivity index (χ4n) is 5.78. The highest BCUT2D eigenvalue weighted by Crippen LogP contribution is 2.38. The number of aromatic nitrogens is 2. The molecular weight excluding hydrogens is 719 g/mol. The molecule has 3 amide bonds.